The van der Waals surface area contributed by atoms with Crippen LogP contribution in [0, 0.1) is 25.6 Å². The number of halogens is 1. The Morgan fingerprint density at radius 2 is 1.82 bits per heavy atom. The number of hydrogen-bond acceptors (Lipinski definition) is 3. The summed E-state index contributed by atoms with van der Waals surface area (Å²) < 4.78 is 29.8. The van der Waals surface area contributed by atoms with Gasteiger partial charge >= 0.3 is 0 Å². The van der Waals surface area contributed by atoms with Crippen molar-refractivity contribution in [1.29, 1.82) is 0 Å². The lowest BCUT2D eigenvalue weighted by molar-refractivity contribution is 0.102. The molecule has 0 saturated heterocycles. The predicted molar refractivity (Wildman–Crippen MR) is 113 cm³/mol. The summed E-state index contributed by atoms with van der Waals surface area (Å²) in [5.41, 5.74) is 1.95. The van der Waals surface area contributed by atoms with Gasteiger partial charge in [-0.25, -0.2) is 4.39 Å². The molecule has 152 valence electrons. The maximum atomic E-state index is 14.0. The monoisotopic (exact) mass is 404 g/mol. The molecule has 0 saturated carbocycles. The molecule has 1 amide bonds. The highest BCUT2D eigenvalue weighted by molar-refractivity contribution is 7.89. The van der Waals surface area contributed by atoms with Gasteiger partial charge in [0.1, 0.15) is 5.82 Å². The Bertz CT molecular complexity index is 804. The first-order chi connectivity index (χ1) is 13.3. The average molecular weight is 405 g/mol. The van der Waals surface area contributed by atoms with Crippen molar-refractivity contribution in [2.24, 2.45) is 5.92 Å². The van der Waals surface area contributed by atoms with Crippen LogP contribution in [-0.2, 0) is 11.4 Å². The first-order valence-corrected chi connectivity index (χ1v) is 10.8. The molecule has 2 N–H and O–H groups in total. The lowest BCUT2D eigenvalue weighted by Crippen LogP contribution is -2.37. The molecule has 0 aliphatic heterocycles. The van der Waals surface area contributed by atoms with Crippen molar-refractivity contribution in [2.45, 2.75) is 58.4 Å². The second kappa shape index (κ2) is 10.0. The Balaban J connectivity index is 2.12. The molecule has 0 heterocycles. The van der Waals surface area contributed by atoms with Crippen molar-refractivity contribution < 1.29 is 13.7 Å². The molecule has 0 bridgehead atoms. The van der Waals surface area contributed by atoms with Gasteiger partial charge in [0, 0.05) is 11.8 Å². The standard InChI is InChI=1S/C22H29FN2O2S/c1-6-17(7-2)16(5)25-28(27)18-11-12-20(15(4)13-18)24-22(26)21-14(3)9-8-10-19(21)23/h8-13,16-17,25H,6-7H2,1-5H3,(H,24,26)/t16-,28?/m1/s1. The minimum atomic E-state index is -1.33. The normalized spacial score (nSPS) is 13.4. The number of hydrogen-bond donors (Lipinski definition) is 2. The summed E-state index contributed by atoms with van der Waals surface area (Å²) in [7, 11) is 0. The molecule has 2 aromatic rings. The van der Waals surface area contributed by atoms with E-state index in [1.165, 1.54) is 6.07 Å². The molecule has 1 unspecified atom stereocenters. The highest BCUT2D eigenvalue weighted by Crippen LogP contribution is 2.23. The molecule has 0 fully saturated rings. The SMILES string of the molecule is CCC(CC)[C@@H](C)N[S+]([O-])c1ccc(NC(=O)c2c(C)cccc2F)c(C)c1. The third-order valence-corrected chi connectivity index (χ3v) is 6.43. The second-order valence-corrected chi connectivity index (χ2v) is 8.36. The minimum Gasteiger partial charge on any atom is -0.593 e. The Morgan fingerprint density at radius 3 is 2.39 bits per heavy atom. The van der Waals surface area contributed by atoms with Crippen LogP contribution in [0.25, 0.3) is 0 Å². The smallest absolute Gasteiger partial charge is 0.258 e. The van der Waals surface area contributed by atoms with Crippen LogP contribution in [0.5, 0.6) is 0 Å². The third kappa shape index (κ3) is 5.34. The molecule has 6 heteroatoms. The summed E-state index contributed by atoms with van der Waals surface area (Å²) in [4.78, 5) is 13.1. The van der Waals surface area contributed by atoms with E-state index < -0.39 is 23.1 Å². The fourth-order valence-electron chi connectivity index (χ4n) is 3.32. The molecular weight excluding hydrogens is 375 g/mol. The molecule has 2 aromatic carbocycles. The van der Waals surface area contributed by atoms with Crippen molar-refractivity contribution in [1.82, 2.24) is 4.72 Å². The third-order valence-electron chi connectivity index (χ3n) is 5.16. The molecule has 0 aliphatic rings. The molecule has 0 aliphatic carbocycles. The zero-order valence-electron chi connectivity index (χ0n) is 17.1. The van der Waals surface area contributed by atoms with Crippen molar-refractivity contribution >= 4 is 23.0 Å². The number of anilines is 1. The fourth-order valence-corrected chi connectivity index (χ4v) is 4.47. The van der Waals surface area contributed by atoms with Gasteiger partial charge in [-0.05, 0) is 56.0 Å². The number of carbonyl (C=O) groups is 1. The van der Waals surface area contributed by atoms with Crippen LogP contribution in [0.1, 0.15) is 55.1 Å². The van der Waals surface area contributed by atoms with E-state index in [1.54, 1.807) is 37.3 Å². The molecule has 2 rings (SSSR count). The summed E-state index contributed by atoms with van der Waals surface area (Å²) >= 11 is -1.33. The van der Waals surface area contributed by atoms with Gasteiger partial charge in [0.15, 0.2) is 4.90 Å². The van der Waals surface area contributed by atoms with E-state index in [2.05, 4.69) is 23.9 Å². The zero-order chi connectivity index (χ0) is 20.8. The highest BCUT2D eigenvalue weighted by Gasteiger charge is 2.22. The van der Waals surface area contributed by atoms with Crippen molar-refractivity contribution in [3.63, 3.8) is 0 Å². The number of nitrogens with one attached hydrogen (secondary N) is 2. The number of rotatable bonds is 8. The van der Waals surface area contributed by atoms with Crippen LogP contribution in [0.4, 0.5) is 10.1 Å². The van der Waals surface area contributed by atoms with Crippen molar-refractivity contribution in [3.8, 4) is 0 Å². The Kier molecular flexibility index (Phi) is 8.04. The van der Waals surface area contributed by atoms with Gasteiger partial charge in [0.2, 0.25) is 0 Å². The number of benzene rings is 2. The van der Waals surface area contributed by atoms with Gasteiger partial charge in [0.25, 0.3) is 5.91 Å². The van der Waals surface area contributed by atoms with Gasteiger partial charge in [-0.3, -0.25) is 4.79 Å². The van der Waals surface area contributed by atoms with Crippen LogP contribution >= 0.6 is 0 Å². The maximum absolute atomic E-state index is 14.0. The number of amides is 1. The quantitative estimate of drug-likeness (QED) is 0.599. The topological polar surface area (TPSA) is 64.2 Å². The summed E-state index contributed by atoms with van der Waals surface area (Å²) in [5, 5.41) is 2.75. The van der Waals surface area contributed by atoms with Crippen LogP contribution in [-0.4, -0.2) is 16.5 Å². The van der Waals surface area contributed by atoms with E-state index in [9.17, 15) is 13.7 Å². The van der Waals surface area contributed by atoms with E-state index in [4.69, 9.17) is 0 Å². The predicted octanol–water partition coefficient (Wildman–Crippen LogP) is 5.13. The van der Waals surface area contributed by atoms with Gasteiger partial charge in [0.05, 0.1) is 23.0 Å². The van der Waals surface area contributed by atoms with E-state index in [1.807, 2.05) is 13.8 Å². The Morgan fingerprint density at radius 1 is 1.14 bits per heavy atom. The minimum absolute atomic E-state index is 0.0372. The van der Waals surface area contributed by atoms with Gasteiger partial charge < -0.3 is 9.87 Å². The lowest BCUT2D eigenvalue weighted by Gasteiger charge is -2.23. The number of carbonyl (C=O) groups excluding carboxylic acids is 1. The van der Waals surface area contributed by atoms with Gasteiger partial charge in [-0.1, -0.05) is 38.8 Å². The lowest BCUT2D eigenvalue weighted by atomic mass is 9.96. The molecule has 2 atom stereocenters. The number of aryl methyl sites for hydroxylation is 2. The molecular formula is C22H29FN2O2S. The maximum Gasteiger partial charge on any atom is 0.258 e. The summed E-state index contributed by atoms with van der Waals surface area (Å²) in [6, 6.07) is 9.90. The second-order valence-electron chi connectivity index (χ2n) is 7.11. The van der Waals surface area contributed by atoms with Crippen molar-refractivity contribution in [3.05, 3.63) is 58.9 Å². The Hall–Kier alpha value is -1.89. The highest BCUT2D eigenvalue weighted by atomic mass is 32.2. The van der Waals surface area contributed by atoms with E-state index in [-0.39, 0.29) is 11.6 Å². The zero-order valence-corrected chi connectivity index (χ0v) is 18.0. The first kappa shape index (κ1) is 22.4. The molecule has 4 nitrogen and oxygen atoms in total. The first-order valence-electron chi connectivity index (χ1n) is 9.63. The summed E-state index contributed by atoms with van der Waals surface area (Å²) in [6.07, 6.45) is 2.06. The van der Waals surface area contributed by atoms with E-state index >= 15 is 0 Å². The van der Waals surface area contributed by atoms with Crippen LogP contribution in [0.3, 0.4) is 0 Å². The Labute approximate surface area is 170 Å². The van der Waals surface area contributed by atoms with Crippen LogP contribution in [0.15, 0.2) is 41.3 Å². The largest absolute Gasteiger partial charge is 0.593 e. The van der Waals surface area contributed by atoms with Crippen molar-refractivity contribution in [2.75, 3.05) is 5.32 Å². The molecule has 0 aromatic heterocycles. The van der Waals surface area contributed by atoms with Gasteiger partial charge in [-0.15, -0.1) is 4.72 Å². The summed E-state index contributed by atoms with van der Waals surface area (Å²) in [5.74, 6) is -0.576. The van der Waals surface area contributed by atoms with Crippen LogP contribution in [0.2, 0.25) is 0 Å². The molecule has 0 spiro atoms. The van der Waals surface area contributed by atoms with E-state index in [0.717, 1.165) is 18.4 Å². The fraction of sp³-hybridized carbons (Fsp3) is 0.409. The van der Waals surface area contributed by atoms with E-state index in [0.29, 0.717) is 22.1 Å². The van der Waals surface area contributed by atoms with Gasteiger partial charge in [-0.2, -0.15) is 0 Å². The average Bonchev–Trinajstić information content (AvgIpc) is 2.64. The molecule has 0 radical (unpaired) electrons. The molecule has 28 heavy (non-hydrogen) atoms. The van der Waals surface area contributed by atoms with Crippen LogP contribution < -0.4 is 10.0 Å². The summed E-state index contributed by atoms with van der Waals surface area (Å²) in [6.45, 7) is 9.84.